The van der Waals surface area contributed by atoms with Gasteiger partial charge in [-0.1, -0.05) is 19.8 Å². The molecule has 2 heteroatoms. The number of hydrogen-bond acceptors (Lipinski definition) is 2. The average Bonchev–Trinajstić information content (AvgIpc) is 2.58. The van der Waals surface area contributed by atoms with Crippen LogP contribution < -0.4 is 5.32 Å². The van der Waals surface area contributed by atoms with Gasteiger partial charge in [0.05, 0.1) is 0 Å². The summed E-state index contributed by atoms with van der Waals surface area (Å²) in [5, 5.41) is 3.61. The Balaban J connectivity index is 2.07. The van der Waals surface area contributed by atoms with E-state index in [-0.39, 0.29) is 0 Å². The van der Waals surface area contributed by atoms with Crippen molar-refractivity contribution in [1.82, 2.24) is 5.32 Å². The highest BCUT2D eigenvalue weighted by Gasteiger charge is 2.22. The van der Waals surface area contributed by atoms with E-state index in [0.29, 0.717) is 6.04 Å². The molecule has 0 saturated heterocycles. The maximum Gasteiger partial charge on any atom is 0.0476 e. The lowest BCUT2D eigenvalue weighted by Gasteiger charge is -2.19. The van der Waals surface area contributed by atoms with Gasteiger partial charge in [0.25, 0.3) is 0 Å². The van der Waals surface area contributed by atoms with E-state index >= 15 is 0 Å². The Morgan fingerprint density at radius 2 is 2.21 bits per heavy atom. The van der Waals surface area contributed by atoms with E-state index in [1.807, 2.05) is 0 Å². The molecule has 0 aliphatic heterocycles. The molecule has 1 aliphatic rings. The first-order chi connectivity index (χ1) is 6.74. The smallest absolute Gasteiger partial charge is 0.0476 e. The fourth-order valence-corrected chi connectivity index (χ4v) is 2.27. The number of hydrogen-bond donors (Lipinski definition) is 1. The molecule has 1 aliphatic carbocycles. The van der Waals surface area contributed by atoms with Gasteiger partial charge in [0, 0.05) is 19.8 Å². The Labute approximate surface area is 88.4 Å². The van der Waals surface area contributed by atoms with Crippen molar-refractivity contribution >= 4 is 0 Å². The fraction of sp³-hybridized carbons (Fsp3) is 1.00. The van der Waals surface area contributed by atoms with Crippen LogP contribution in [0, 0.1) is 11.8 Å². The summed E-state index contributed by atoms with van der Waals surface area (Å²) in [4.78, 5) is 0. The van der Waals surface area contributed by atoms with Gasteiger partial charge in [-0.2, -0.15) is 0 Å². The molecule has 3 atom stereocenters. The number of methoxy groups -OCH3 is 1. The molecular weight excluding hydrogens is 174 g/mol. The van der Waals surface area contributed by atoms with Crippen LogP contribution >= 0.6 is 0 Å². The maximum absolute atomic E-state index is 5.07. The minimum absolute atomic E-state index is 0.600. The van der Waals surface area contributed by atoms with E-state index in [9.17, 15) is 0 Å². The highest BCUT2D eigenvalue weighted by molar-refractivity contribution is 4.77. The maximum atomic E-state index is 5.07. The summed E-state index contributed by atoms with van der Waals surface area (Å²) in [5.41, 5.74) is 0. The molecule has 1 N–H and O–H groups in total. The van der Waals surface area contributed by atoms with Gasteiger partial charge in [-0.25, -0.2) is 0 Å². The summed E-state index contributed by atoms with van der Waals surface area (Å²) >= 11 is 0. The van der Waals surface area contributed by atoms with Crippen LogP contribution in [0.1, 0.15) is 39.5 Å². The summed E-state index contributed by atoms with van der Waals surface area (Å²) in [6.45, 7) is 6.71. The summed E-state index contributed by atoms with van der Waals surface area (Å²) in [7, 11) is 1.77. The average molecular weight is 199 g/mol. The zero-order valence-electron chi connectivity index (χ0n) is 9.88. The zero-order valence-corrected chi connectivity index (χ0v) is 9.88. The van der Waals surface area contributed by atoms with Crippen LogP contribution in [0.3, 0.4) is 0 Å². The third-order valence-electron chi connectivity index (χ3n) is 3.52. The lowest BCUT2D eigenvalue weighted by Crippen LogP contribution is -2.32. The van der Waals surface area contributed by atoms with Crippen molar-refractivity contribution in [2.24, 2.45) is 11.8 Å². The van der Waals surface area contributed by atoms with Crippen LogP contribution in [0.15, 0.2) is 0 Å². The molecule has 1 saturated carbocycles. The molecule has 0 spiro atoms. The van der Waals surface area contributed by atoms with Gasteiger partial charge in [-0.3, -0.25) is 0 Å². The van der Waals surface area contributed by atoms with Crippen LogP contribution in [0.25, 0.3) is 0 Å². The lowest BCUT2D eigenvalue weighted by molar-refractivity contribution is 0.183. The second-order valence-electron chi connectivity index (χ2n) is 4.76. The molecule has 0 bridgehead atoms. The largest absolute Gasteiger partial charge is 0.385 e. The molecular formula is C12H25NO. The van der Waals surface area contributed by atoms with Crippen LogP contribution in [-0.4, -0.2) is 26.3 Å². The standard InChI is InChI=1S/C12H25NO/c1-10-5-4-6-12(10)9-13-11(2)7-8-14-3/h10-13H,4-9H2,1-3H3. The second-order valence-corrected chi connectivity index (χ2v) is 4.76. The molecule has 0 aromatic heterocycles. The molecule has 1 rings (SSSR count). The Hall–Kier alpha value is -0.0800. The van der Waals surface area contributed by atoms with Gasteiger partial charge in [0.1, 0.15) is 0 Å². The first kappa shape index (κ1) is 12.0. The fourth-order valence-electron chi connectivity index (χ4n) is 2.27. The predicted molar refractivity (Wildman–Crippen MR) is 60.5 cm³/mol. The highest BCUT2D eigenvalue weighted by atomic mass is 16.5. The monoisotopic (exact) mass is 199 g/mol. The SMILES string of the molecule is COCCC(C)NCC1CCCC1C. The van der Waals surface area contributed by atoms with Crippen molar-refractivity contribution in [2.45, 2.75) is 45.6 Å². The van der Waals surface area contributed by atoms with Gasteiger partial charge in [-0.05, 0) is 38.1 Å². The molecule has 84 valence electrons. The van der Waals surface area contributed by atoms with Crippen molar-refractivity contribution < 1.29 is 4.74 Å². The molecule has 0 aromatic rings. The van der Waals surface area contributed by atoms with Crippen LogP contribution in [0.5, 0.6) is 0 Å². The van der Waals surface area contributed by atoms with Crippen LogP contribution in [0.2, 0.25) is 0 Å². The van der Waals surface area contributed by atoms with E-state index in [1.54, 1.807) is 7.11 Å². The van der Waals surface area contributed by atoms with Crippen molar-refractivity contribution in [3.8, 4) is 0 Å². The number of rotatable bonds is 6. The van der Waals surface area contributed by atoms with Crippen molar-refractivity contribution in [3.63, 3.8) is 0 Å². The molecule has 0 amide bonds. The summed E-state index contributed by atoms with van der Waals surface area (Å²) in [5.74, 6) is 1.84. The predicted octanol–water partition coefficient (Wildman–Crippen LogP) is 2.44. The molecule has 0 heterocycles. The first-order valence-electron chi connectivity index (χ1n) is 5.96. The zero-order chi connectivity index (χ0) is 10.4. The Morgan fingerprint density at radius 1 is 1.43 bits per heavy atom. The molecule has 3 unspecified atom stereocenters. The topological polar surface area (TPSA) is 21.3 Å². The van der Waals surface area contributed by atoms with Crippen LogP contribution in [-0.2, 0) is 4.74 Å². The molecule has 1 fully saturated rings. The normalized spacial score (nSPS) is 29.4. The van der Waals surface area contributed by atoms with Gasteiger partial charge in [0.2, 0.25) is 0 Å². The molecule has 0 radical (unpaired) electrons. The minimum atomic E-state index is 0.600. The summed E-state index contributed by atoms with van der Waals surface area (Å²) in [6, 6.07) is 0.600. The van der Waals surface area contributed by atoms with Crippen molar-refractivity contribution in [3.05, 3.63) is 0 Å². The quantitative estimate of drug-likeness (QED) is 0.709. The third kappa shape index (κ3) is 3.97. The van der Waals surface area contributed by atoms with E-state index in [0.717, 1.165) is 24.9 Å². The van der Waals surface area contributed by atoms with Gasteiger partial charge < -0.3 is 10.1 Å². The van der Waals surface area contributed by atoms with Gasteiger partial charge in [-0.15, -0.1) is 0 Å². The Bertz CT molecular complexity index is 149. The first-order valence-corrected chi connectivity index (χ1v) is 5.96. The number of nitrogens with one attached hydrogen (secondary N) is 1. The van der Waals surface area contributed by atoms with Gasteiger partial charge in [0.15, 0.2) is 0 Å². The molecule has 0 aromatic carbocycles. The van der Waals surface area contributed by atoms with E-state index < -0.39 is 0 Å². The van der Waals surface area contributed by atoms with E-state index in [2.05, 4.69) is 19.2 Å². The minimum Gasteiger partial charge on any atom is -0.385 e. The molecule has 14 heavy (non-hydrogen) atoms. The highest BCUT2D eigenvalue weighted by Crippen LogP contribution is 2.30. The van der Waals surface area contributed by atoms with E-state index in [4.69, 9.17) is 4.74 Å². The number of ether oxygens (including phenoxy) is 1. The third-order valence-corrected chi connectivity index (χ3v) is 3.52. The molecule has 2 nitrogen and oxygen atoms in total. The Morgan fingerprint density at radius 3 is 2.79 bits per heavy atom. The Kier molecular flexibility index (Phi) is 5.49. The van der Waals surface area contributed by atoms with Crippen molar-refractivity contribution in [1.29, 1.82) is 0 Å². The summed E-state index contributed by atoms with van der Waals surface area (Å²) in [6.07, 6.45) is 5.40. The lowest BCUT2D eigenvalue weighted by atomic mass is 9.98. The second kappa shape index (κ2) is 6.41. The summed E-state index contributed by atoms with van der Waals surface area (Å²) < 4.78 is 5.07. The van der Waals surface area contributed by atoms with E-state index in [1.165, 1.54) is 25.8 Å². The van der Waals surface area contributed by atoms with Gasteiger partial charge >= 0.3 is 0 Å². The van der Waals surface area contributed by atoms with Crippen molar-refractivity contribution in [2.75, 3.05) is 20.3 Å². The van der Waals surface area contributed by atoms with Crippen LogP contribution in [0.4, 0.5) is 0 Å².